The quantitative estimate of drug-likeness (QED) is 0.923. The van der Waals surface area contributed by atoms with Gasteiger partial charge >= 0.3 is 0 Å². The number of benzene rings is 1. The van der Waals surface area contributed by atoms with E-state index in [0.29, 0.717) is 0 Å². The number of nitrogens with one attached hydrogen (secondary N) is 1. The SMILES string of the molecule is CCc1nc(CN2CCNCC2c2cccc(F)c2)cs1.Cl. The molecule has 0 spiro atoms. The molecule has 1 unspecified atom stereocenters. The predicted molar refractivity (Wildman–Crippen MR) is 91.2 cm³/mol. The lowest BCUT2D eigenvalue weighted by Crippen LogP contribution is -2.45. The third kappa shape index (κ3) is 4.04. The van der Waals surface area contributed by atoms with Crippen LogP contribution in [0.1, 0.15) is 29.2 Å². The Morgan fingerprint density at radius 3 is 3.05 bits per heavy atom. The molecule has 1 fully saturated rings. The Bertz CT molecular complexity index is 605. The van der Waals surface area contributed by atoms with Crippen molar-refractivity contribution in [1.29, 1.82) is 0 Å². The lowest BCUT2D eigenvalue weighted by molar-refractivity contribution is 0.152. The molecule has 1 saturated heterocycles. The zero-order valence-electron chi connectivity index (χ0n) is 12.6. The third-order valence-corrected chi connectivity index (χ3v) is 4.90. The van der Waals surface area contributed by atoms with Crippen molar-refractivity contribution in [3.63, 3.8) is 0 Å². The molecule has 0 bridgehead atoms. The number of nitrogens with zero attached hydrogens (tertiary/aromatic N) is 2. The molecule has 1 atom stereocenters. The average molecular weight is 342 g/mol. The molecule has 0 radical (unpaired) electrons. The van der Waals surface area contributed by atoms with E-state index in [9.17, 15) is 4.39 Å². The summed E-state index contributed by atoms with van der Waals surface area (Å²) in [5.41, 5.74) is 2.16. The Morgan fingerprint density at radius 1 is 1.45 bits per heavy atom. The van der Waals surface area contributed by atoms with E-state index in [0.717, 1.165) is 43.9 Å². The second kappa shape index (κ2) is 8.02. The maximum Gasteiger partial charge on any atom is 0.123 e. The van der Waals surface area contributed by atoms with Gasteiger partial charge in [-0.05, 0) is 24.1 Å². The van der Waals surface area contributed by atoms with E-state index in [1.807, 2.05) is 6.07 Å². The first-order valence-corrected chi connectivity index (χ1v) is 8.27. The number of hydrogen-bond acceptors (Lipinski definition) is 4. The van der Waals surface area contributed by atoms with Crippen LogP contribution in [0.2, 0.25) is 0 Å². The van der Waals surface area contributed by atoms with Gasteiger partial charge in [0, 0.05) is 37.6 Å². The first kappa shape index (κ1) is 17.3. The standard InChI is InChI=1S/C16H20FN3S.ClH/c1-2-16-19-14(11-21-16)10-20-7-6-18-9-15(20)12-4-3-5-13(17)8-12;/h3-5,8,11,15,18H,2,6-7,9-10H2,1H3;1H. The highest BCUT2D eigenvalue weighted by atomic mass is 35.5. The Hall–Kier alpha value is -1.01. The zero-order chi connectivity index (χ0) is 14.7. The molecular weight excluding hydrogens is 321 g/mol. The van der Waals surface area contributed by atoms with Crippen LogP contribution in [0.15, 0.2) is 29.6 Å². The minimum Gasteiger partial charge on any atom is -0.314 e. The topological polar surface area (TPSA) is 28.2 Å². The van der Waals surface area contributed by atoms with Crippen LogP contribution in [-0.4, -0.2) is 29.5 Å². The van der Waals surface area contributed by atoms with E-state index in [1.165, 1.54) is 11.1 Å². The maximum atomic E-state index is 13.5. The Labute approximate surface area is 141 Å². The molecular formula is C16H21ClFN3S. The lowest BCUT2D eigenvalue weighted by Gasteiger charge is -2.36. The van der Waals surface area contributed by atoms with Gasteiger partial charge in [-0.3, -0.25) is 4.90 Å². The molecule has 0 aliphatic carbocycles. The molecule has 0 amide bonds. The van der Waals surface area contributed by atoms with E-state index in [4.69, 9.17) is 0 Å². The average Bonchev–Trinajstić information content (AvgIpc) is 2.95. The summed E-state index contributed by atoms with van der Waals surface area (Å²) in [4.78, 5) is 7.04. The van der Waals surface area contributed by atoms with Gasteiger partial charge in [0.1, 0.15) is 5.82 Å². The molecule has 1 N–H and O–H groups in total. The molecule has 3 rings (SSSR count). The van der Waals surface area contributed by atoms with E-state index in [-0.39, 0.29) is 24.3 Å². The highest BCUT2D eigenvalue weighted by Crippen LogP contribution is 2.25. The Balaban J connectivity index is 0.00000176. The molecule has 3 nitrogen and oxygen atoms in total. The van der Waals surface area contributed by atoms with Gasteiger partial charge in [0.15, 0.2) is 0 Å². The monoisotopic (exact) mass is 341 g/mol. The molecule has 0 saturated carbocycles. The number of rotatable bonds is 4. The molecule has 1 aromatic heterocycles. The molecule has 1 aliphatic heterocycles. The van der Waals surface area contributed by atoms with Gasteiger partial charge in [0.2, 0.25) is 0 Å². The second-order valence-corrected chi connectivity index (χ2v) is 6.27. The summed E-state index contributed by atoms with van der Waals surface area (Å²) >= 11 is 1.72. The molecule has 6 heteroatoms. The van der Waals surface area contributed by atoms with Crippen molar-refractivity contribution < 1.29 is 4.39 Å². The van der Waals surface area contributed by atoms with Gasteiger partial charge in [-0.2, -0.15) is 0 Å². The Kier molecular flexibility index (Phi) is 6.32. The molecule has 22 heavy (non-hydrogen) atoms. The fourth-order valence-electron chi connectivity index (χ4n) is 2.77. The fraction of sp³-hybridized carbons (Fsp3) is 0.438. The maximum absolute atomic E-state index is 13.5. The lowest BCUT2D eigenvalue weighted by atomic mass is 10.0. The van der Waals surface area contributed by atoms with Crippen molar-refractivity contribution in [3.8, 4) is 0 Å². The number of piperazine rings is 1. The summed E-state index contributed by atoms with van der Waals surface area (Å²) in [5, 5.41) is 6.73. The number of thiazole rings is 1. The number of aryl methyl sites for hydroxylation is 1. The first-order chi connectivity index (χ1) is 10.3. The normalized spacial score (nSPS) is 18.9. The summed E-state index contributed by atoms with van der Waals surface area (Å²) in [5.74, 6) is -0.167. The van der Waals surface area contributed by atoms with Crippen LogP contribution >= 0.6 is 23.7 Å². The van der Waals surface area contributed by atoms with Crippen molar-refractivity contribution in [1.82, 2.24) is 15.2 Å². The van der Waals surface area contributed by atoms with E-state index in [1.54, 1.807) is 23.5 Å². The highest BCUT2D eigenvalue weighted by molar-refractivity contribution is 7.09. The summed E-state index contributed by atoms with van der Waals surface area (Å²) in [7, 11) is 0. The minimum absolute atomic E-state index is 0. The molecule has 1 aromatic carbocycles. The Morgan fingerprint density at radius 2 is 2.32 bits per heavy atom. The van der Waals surface area contributed by atoms with Crippen molar-refractivity contribution in [2.24, 2.45) is 0 Å². The van der Waals surface area contributed by atoms with Crippen molar-refractivity contribution in [2.75, 3.05) is 19.6 Å². The molecule has 2 heterocycles. The van der Waals surface area contributed by atoms with Crippen LogP contribution in [0.25, 0.3) is 0 Å². The fourth-order valence-corrected chi connectivity index (χ4v) is 3.51. The van der Waals surface area contributed by atoms with E-state index >= 15 is 0 Å². The summed E-state index contributed by atoms with van der Waals surface area (Å²) < 4.78 is 13.5. The van der Waals surface area contributed by atoms with Gasteiger partial charge < -0.3 is 5.32 Å². The minimum atomic E-state index is -0.167. The van der Waals surface area contributed by atoms with Gasteiger partial charge in [0.25, 0.3) is 0 Å². The number of aromatic nitrogens is 1. The van der Waals surface area contributed by atoms with Crippen LogP contribution in [0.4, 0.5) is 4.39 Å². The van der Waals surface area contributed by atoms with Crippen LogP contribution < -0.4 is 5.32 Å². The van der Waals surface area contributed by atoms with Gasteiger partial charge in [-0.15, -0.1) is 23.7 Å². The molecule has 2 aromatic rings. The van der Waals surface area contributed by atoms with Crippen molar-refractivity contribution >= 4 is 23.7 Å². The van der Waals surface area contributed by atoms with Crippen LogP contribution in [0, 0.1) is 5.82 Å². The third-order valence-electron chi connectivity index (χ3n) is 3.85. The molecule has 120 valence electrons. The highest BCUT2D eigenvalue weighted by Gasteiger charge is 2.24. The van der Waals surface area contributed by atoms with E-state index < -0.39 is 0 Å². The van der Waals surface area contributed by atoms with Crippen LogP contribution in [-0.2, 0) is 13.0 Å². The first-order valence-electron chi connectivity index (χ1n) is 7.39. The van der Waals surface area contributed by atoms with Gasteiger partial charge in [0.05, 0.1) is 10.7 Å². The van der Waals surface area contributed by atoms with Gasteiger partial charge in [-0.25, -0.2) is 9.37 Å². The summed E-state index contributed by atoms with van der Waals surface area (Å²) in [6, 6.07) is 7.14. The zero-order valence-corrected chi connectivity index (χ0v) is 14.2. The van der Waals surface area contributed by atoms with Crippen molar-refractivity contribution in [2.45, 2.75) is 25.9 Å². The largest absolute Gasteiger partial charge is 0.314 e. The summed E-state index contributed by atoms with van der Waals surface area (Å²) in [6.45, 7) is 5.74. The van der Waals surface area contributed by atoms with Crippen LogP contribution in [0.3, 0.4) is 0 Å². The smallest absolute Gasteiger partial charge is 0.123 e. The second-order valence-electron chi connectivity index (χ2n) is 5.33. The van der Waals surface area contributed by atoms with E-state index in [2.05, 4.69) is 27.5 Å². The van der Waals surface area contributed by atoms with Crippen LogP contribution in [0.5, 0.6) is 0 Å². The predicted octanol–water partition coefficient (Wildman–Crippen LogP) is 3.41. The number of hydrogen-bond donors (Lipinski definition) is 1. The van der Waals surface area contributed by atoms with Gasteiger partial charge in [-0.1, -0.05) is 19.1 Å². The van der Waals surface area contributed by atoms with Crippen molar-refractivity contribution in [3.05, 3.63) is 51.7 Å². The molecule has 1 aliphatic rings. The summed E-state index contributed by atoms with van der Waals surface area (Å²) in [6.07, 6.45) is 0.986. The number of halogens is 2.